The normalized spacial score (nSPS) is 15.1. The number of amides is 1. The molecule has 1 atom stereocenters. The van der Waals surface area contributed by atoms with Crippen LogP contribution in [0.4, 0.5) is 0 Å². The molecular weight excluding hydrogens is 328 g/mol. The number of carbonyl (C=O) groups is 1. The molecule has 1 N–H and O–H groups in total. The van der Waals surface area contributed by atoms with E-state index in [0.717, 1.165) is 43.6 Å². The highest BCUT2D eigenvalue weighted by molar-refractivity contribution is 5.91. The standard InChI is InChI=1S/C19H22N6O/c26-19(18-23-22-17-10-5-2-6-13-25(17)18)21-16(14-24-12-7-11-20-24)15-8-3-1-4-9-15/h1,3-4,7-9,11-12,16H,2,5-6,10,13-14H2,(H,21,26). The lowest BCUT2D eigenvalue weighted by Crippen LogP contribution is -2.33. The van der Waals surface area contributed by atoms with Gasteiger partial charge in [-0.1, -0.05) is 36.8 Å². The topological polar surface area (TPSA) is 77.6 Å². The van der Waals surface area contributed by atoms with Crippen molar-refractivity contribution in [2.75, 3.05) is 0 Å². The molecule has 2 aromatic heterocycles. The number of hydrogen-bond acceptors (Lipinski definition) is 4. The van der Waals surface area contributed by atoms with Crippen molar-refractivity contribution in [3.05, 3.63) is 66.0 Å². The van der Waals surface area contributed by atoms with Gasteiger partial charge in [-0.05, 0) is 24.5 Å². The summed E-state index contributed by atoms with van der Waals surface area (Å²) in [5, 5.41) is 15.8. The van der Waals surface area contributed by atoms with Crippen molar-refractivity contribution in [3.8, 4) is 0 Å². The van der Waals surface area contributed by atoms with Crippen LogP contribution in [0.1, 0.15) is 47.3 Å². The highest BCUT2D eigenvalue weighted by Crippen LogP contribution is 2.18. The van der Waals surface area contributed by atoms with Crippen LogP contribution in [0.3, 0.4) is 0 Å². The van der Waals surface area contributed by atoms with E-state index < -0.39 is 0 Å². The van der Waals surface area contributed by atoms with E-state index in [-0.39, 0.29) is 11.9 Å². The first-order valence-electron chi connectivity index (χ1n) is 9.06. The maximum absolute atomic E-state index is 12.9. The molecule has 1 aliphatic heterocycles. The lowest BCUT2D eigenvalue weighted by molar-refractivity contribution is 0.0916. The Morgan fingerprint density at radius 2 is 2.00 bits per heavy atom. The van der Waals surface area contributed by atoms with E-state index in [1.165, 1.54) is 0 Å². The van der Waals surface area contributed by atoms with Crippen LogP contribution in [0.2, 0.25) is 0 Å². The fourth-order valence-corrected chi connectivity index (χ4v) is 3.39. The fourth-order valence-electron chi connectivity index (χ4n) is 3.39. The lowest BCUT2D eigenvalue weighted by atomic mass is 10.1. The van der Waals surface area contributed by atoms with E-state index in [1.54, 1.807) is 6.20 Å². The summed E-state index contributed by atoms with van der Waals surface area (Å²) in [5.41, 5.74) is 1.03. The predicted octanol–water partition coefficient (Wildman–Crippen LogP) is 2.37. The van der Waals surface area contributed by atoms with Gasteiger partial charge in [-0.2, -0.15) is 5.10 Å². The van der Waals surface area contributed by atoms with Crippen molar-refractivity contribution in [1.82, 2.24) is 29.9 Å². The van der Waals surface area contributed by atoms with Crippen LogP contribution in [-0.4, -0.2) is 30.5 Å². The van der Waals surface area contributed by atoms with Gasteiger partial charge < -0.3 is 9.88 Å². The van der Waals surface area contributed by atoms with Crippen LogP contribution in [0, 0.1) is 0 Å². The minimum Gasteiger partial charge on any atom is -0.341 e. The zero-order chi connectivity index (χ0) is 17.8. The molecule has 1 aromatic carbocycles. The van der Waals surface area contributed by atoms with Gasteiger partial charge in [0.15, 0.2) is 0 Å². The minimum absolute atomic E-state index is 0.188. The molecule has 0 bridgehead atoms. The van der Waals surface area contributed by atoms with Crippen molar-refractivity contribution in [1.29, 1.82) is 0 Å². The van der Waals surface area contributed by atoms with Crippen molar-refractivity contribution >= 4 is 5.91 Å². The Labute approximate surface area is 152 Å². The summed E-state index contributed by atoms with van der Waals surface area (Å²) >= 11 is 0. The number of hydrogen-bond donors (Lipinski definition) is 1. The maximum atomic E-state index is 12.9. The molecule has 1 unspecified atom stereocenters. The second kappa shape index (κ2) is 7.51. The molecule has 26 heavy (non-hydrogen) atoms. The largest absolute Gasteiger partial charge is 0.341 e. The minimum atomic E-state index is -0.192. The highest BCUT2D eigenvalue weighted by Gasteiger charge is 2.23. The Morgan fingerprint density at radius 1 is 1.12 bits per heavy atom. The third kappa shape index (κ3) is 3.51. The van der Waals surface area contributed by atoms with Gasteiger partial charge in [-0.25, -0.2) is 0 Å². The first kappa shape index (κ1) is 16.5. The summed E-state index contributed by atoms with van der Waals surface area (Å²) in [4.78, 5) is 12.9. The zero-order valence-electron chi connectivity index (χ0n) is 14.6. The molecule has 7 heteroatoms. The Morgan fingerprint density at radius 3 is 2.81 bits per heavy atom. The third-order valence-corrected chi connectivity index (χ3v) is 4.75. The quantitative estimate of drug-likeness (QED) is 0.766. The molecular formula is C19H22N6O. The Balaban J connectivity index is 1.57. The number of aromatic nitrogens is 5. The highest BCUT2D eigenvalue weighted by atomic mass is 16.2. The number of rotatable bonds is 5. The Bertz CT molecular complexity index is 856. The number of nitrogens with one attached hydrogen (secondary N) is 1. The van der Waals surface area contributed by atoms with Crippen molar-refractivity contribution in [2.45, 2.75) is 44.8 Å². The van der Waals surface area contributed by atoms with Gasteiger partial charge in [0.1, 0.15) is 5.82 Å². The molecule has 0 radical (unpaired) electrons. The fraction of sp³-hybridized carbons (Fsp3) is 0.368. The third-order valence-electron chi connectivity index (χ3n) is 4.75. The van der Waals surface area contributed by atoms with Gasteiger partial charge in [0.2, 0.25) is 5.82 Å². The van der Waals surface area contributed by atoms with Gasteiger partial charge in [0.25, 0.3) is 5.91 Å². The summed E-state index contributed by atoms with van der Waals surface area (Å²) in [6, 6.07) is 11.6. The summed E-state index contributed by atoms with van der Waals surface area (Å²) in [7, 11) is 0. The van der Waals surface area contributed by atoms with Crippen LogP contribution in [0.25, 0.3) is 0 Å². The summed E-state index contributed by atoms with van der Waals surface area (Å²) < 4.78 is 3.79. The SMILES string of the molecule is O=C(NC(Cn1cccn1)c1ccccc1)c1nnc2n1CCCCC2. The van der Waals surface area contributed by atoms with Gasteiger partial charge in [-0.15, -0.1) is 10.2 Å². The first-order valence-corrected chi connectivity index (χ1v) is 9.06. The van der Waals surface area contributed by atoms with Crippen molar-refractivity contribution in [2.24, 2.45) is 0 Å². The molecule has 4 rings (SSSR count). The molecule has 3 heterocycles. The first-order chi connectivity index (χ1) is 12.8. The van der Waals surface area contributed by atoms with E-state index in [4.69, 9.17) is 0 Å². The van der Waals surface area contributed by atoms with Crippen molar-refractivity contribution in [3.63, 3.8) is 0 Å². The molecule has 0 saturated carbocycles. The Hall–Kier alpha value is -2.96. The summed E-state index contributed by atoms with van der Waals surface area (Å²) in [6.07, 6.45) is 7.84. The molecule has 0 saturated heterocycles. The van der Waals surface area contributed by atoms with E-state index >= 15 is 0 Å². The second-order valence-electron chi connectivity index (χ2n) is 6.57. The molecule has 134 valence electrons. The predicted molar refractivity (Wildman–Crippen MR) is 96.5 cm³/mol. The van der Waals surface area contributed by atoms with Crippen LogP contribution >= 0.6 is 0 Å². The van der Waals surface area contributed by atoms with Crippen LogP contribution in [-0.2, 0) is 19.5 Å². The van der Waals surface area contributed by atoms with E-state index in [1.807, 2.05) is 51.8 Å². The van der Waals surface area contributed by atoms with E-state index in [2.05, 4.69) is 20.6 Å². The molecule has 3 aromatic rings. The van der Waals surface area contributed by atoms with E-state index in [9.17, 15) is 4.79 Å². The molecule has 7 nitrogen and oxygen atoms in total. The van der Waals surface area contributed by atoms with Gasteiger partial charge in [-0.3, -0.25) is 9.48 Å². The average molecular weight is 350 g/mol. The number of nitrogens with zero attached hydrogens (tertiary/aromatic N) is 5. The Kier molecular flexibility index (Phi) is 4.77. The maximum Gasteiger partial charge on any atom is 0.289 e. The monoisotopic (exact) mass is 350 g/mol. The van der Waals surface area contributed by atoms with Crippen LogP contribution in [0.15, 0.2) is 48.8 Å². The molecule has 0 fully saturated rings. The molecule has 1 aliphatic rings. The number of benzene rings is 1. The van der Waals surface area contributed by atoms with Crippen LogP contribution in [0.5, 0.6) is 0 Å². The van der Waals surface area contributed by atoms with Crippen LogP contribution < -0.4 is 5.32 Å². The second-order valence-corrected chi connectivity index (χ2v) is 6.57. The average Bonchev–Trinajstić information content (AvgIpc) is 3.27. The molecule has 0 aliphatic carbocycles. The lowest BCUT2D eigenvalue weighted by Gasteiger charge is -2.19. The van der Waals surface area contributed by atoms with Gasteiger partial charge >= 0.3 is 0 Å². The summed E-state index contributed by atoms with van der Waals surface area (Å²) in [5.74, 6) is 1.13. The number of fused-ring (bicyclic) bond motifs is 1. The summed E-state index contributed by atoms with van der Waals surface area (Å²) in [6.45, 7) is 1.37. The zero-order valence-corrected chi connectivity index (χ0v) is 14.6. The number of carbonyl (C=O) groups excluding carboxylic acids is 1. The van der Waals surface area contributed by atoms with Gasteiger partial charge in [0, 0.05) is 25.4 Å². The molecule has 0 spiro atoms. The smallest absolute Gasteiger partial charge is 0.289 e. The van der Waals surface area contributed by atoms with Gasteiger partial charge in [0.05, 0.1) is 12.6 Å². The number of aryl methyl sites for hydroxylation is 1. The van der Waals surface area contributed by atoms with E-state index in [0.29, 0.717) is 12.4 Å². The van der Waals surface area contributed by atoms with Crippen molar-refractivity contribution < 1.29 is 4.79 Å². The molecule has 1 amide bonds.